The van der Waals surface area contributed by atoms with Crippen LogP contribution in [0.25, 0.3) is 0 Å². The second kappa shape index (κ2) is 4.87. The third-order valence-corrected chi connectivity index (χ3v) is 2.91. The van der Waals surface area contributed by atoms with Gasteiger partial charge >= 0.3 is 0 Å². The van der Waals surface area contributed by atoms with E-state index in [1.54, 1.807) is 0 Å². The Bertz CT molecular complexity index is 332. The van der Waals surface area contributed by atoms with E-state index in [4.69, 9.17) is 0 Å². The topological polar surface area (TPSA) is 33.1 Å². The molecule has 16 heavy (non-hydrogen) atoms. The zero-order chi connectivity index (χ0) is 11.5. The molecule has 0 spiro atoms. The lowest BCUT2D eigenvalue weighted by atomic mass is 10.2. The van der Waals surface area contributed by atoms with Crippen LogP contribution in [0, 0.1) is 5.92 Å². The van der Waals surface area contributed by atoms with Gasteiger partial charge in [-0.15, -0.1) is 0 Å². The summed E-state index contributed by atoms with van der Waals surface area (Å²) in [5.74, 6) is 1.79. The monoisotopic (exact) mass is 222 g/mol. The molecule has 2 heterocycles. The number of anilines is 1. The maximum absolute atomic E-state index is 4.49. The van der Waals surface area contributed by atoms with E-state index in [0.717, 1.165) is 32.1 Å². The molecule has 4 nitrogen and oxygen atoms in total. The van der Waals surface area contributed by atoms with Crippen LogP contribution in [0.4, 0.5) is 5.95 Å². The van der Waals surface area contributed by atoms with E-state index < -0.39 is 0 Å². The number of hydrogen-bond donors (Lipinski definition) is 1. The molecule has 0 radical (unpaired) electrons. The Kier molecular flexibility index (Phi) is 3.49. The lowest BCUT2D eigenvalue weighted by Crippen LogP contribution is -2.50. The number of aromatic nitrogens is 2. The van der Waals surface area contributed by atoms with Crippen LogP contribution in [-0.4, -0.2) is 35.2 Å². The van der Waals surface area contributed by atoms with Crippen LogP contribution in [0.15, 0.2) is 12.4 Å². The third-order valence-electron chi connectivity index (χ3n) is 2.91. The molecule has 1 atom stereocenters. The summed E-state index contributed by atoms with van der Waals surface area (Å²) < 4.78 is 2.27. The molecule has 0 bridgehead atoms. The second-order valence-corrected chi connectivity index (χ2v) is 5.07. The summed E-state index contributed by atoms with van der Waals surface area (Å²) in [6.07, 6.45) is 3.99. The third kappa shape index (κ3) is 2.55. The highest BCUT2D eigenvalue weighted by atomic mass is 15.3. The average Bonchev–Trinajstić information content (AvgIpc) is 2.65. The number of rotatable bonds is 3. The van der Waals surface area contributed by atoms with Gasteiger partial charge in [0.05, 0.1) is 0 Å². The minimum absolute atomic E-state index is 0.554. The van der Waals surface area contributed by atoms with E-state index in [1.165, 1.54) is 0 Å². The summed E-state index contributed by atoms with van der Waals surface area (Å²) in [5.41, 5.74) is 0. The highest BCUT2D eigenvalue weighted by Gasteiger charge is 2.19. The molecule has 1 aromatic rings. The van der Waals surface area contributed by atoms with E-state index in [2.05, 4.69) is 46.7 Å². The van der Waals surface area contributed by atoms with Gasteiger partial charge in [0.15, 0.2) is 0 Å². The predicted octanol–water partition coefficient (Wildman–Crippen LogP) is 1.34. The second-order valence-electron chi connectivity index (χ2n) is 5.07. The Balaban J connectivity index is 2.10. The van der Waals surface area contributed by atoms with Gasteiger partial charge in [0, 0.05) is 44.6 Å². The molecule has 0 amide bonds. The maximum atomic E-state index is 4.49. The molecule has 0 aliphatic carbocycles. The van der Waals surface area contributed by atoms with Crippen LogP contribution in [0.3, 0.4) is 0 Å². The first-order valence-corrected chi connectivity index (χ1v) is 6.16. The van der Waals surface area contributed by atoms with E-state index >= 15 is 0 Å². The van der Waals surface area contributed by atoms with Crippen molar-refractivity contribution < 1.29 is 0 Å². The molecule has 0 saturated carbocycles. The van der Waals surface area contributed by atoms with Gasteiger partial charge in [-0.3, -0.25) is 0 Å². The van der Waals surface area contributed by atoms with Crippen molar-refractivity contribution in [3.05, 3.63) is 12.4 Å². The first-order chi connectivity index (χ1) is 7.66. The van der Waals surface area contributed by atoms with Gasteiger partial charge in [-0.1, -0.05) is 13.8 Å². The van der Waals surface area contributed by atoms with Crippen molar-refractivity contribution in [2.24, 2.45) is 5.92 Å². The van der Waals surface area contributed by atoms with E-state index in [0.29, 0.717) is 12.0 Å². The summed E-state index contributed by atoms with van der Waals surface area (Å²) in [7, 11) is 0. The Labute approximate surface area is 97.7 Å². The van der Waals surface area contributed by atoms with Crippen molar-refractivity contribution >= 4 is 5.95 Å². The number of nitrogens with zero attached hydrogens (tertiary/aromatic N) is 3. The number of hydrogen-bond acceptors (Lipinski definition) is 3. The molecule has 1 aliphatic heterocycles. The molecule has 1 aliphatic rings. The molecular formula is C12H22N4. The quantitative estimate of drug-likeness (QED) is 0.837. The van der Waals surface area contributed by atoms with Gasteiger partial charge in [0.25, 0.3) is 0 Å². The van der Waals surface area contributed by atoms with Gasteiger partial charge in [-0.05, 0) is 12.8 Å². The summed E-state index contributed by atoms with van der Waals surface area (Å²) in [6, 6.07) is 0.554. The van der Waals surface area contributed by atoms with Crippen LogP contribution in [-0.2, 0) is 6.54 Å². The predicted molar refractivity (Wildman–Crippen MR) is 66.7 cm³/mol. The average molecular weight is 222 g/mol. The first kappa shape index (κ1) is 11.5. The summed E-state index contributed by atoms with van der Waals surface area (Å²) in [6.45, 7) is 10.9. The maximum Gasteiger partial charge on any atom is 0.205 e. The smallest absolute Gasteiger partial charge is 0.205 e. The fraction of sp³-hybridized carbons (Fsp3) is 0.750. The molecule has 1 N–H and O–H groups in total. The highest BCUT2D eigenvalue weighted by Crippen LogP contribution is 2.15. The number of piperazine rings is 1. The first-order valence-electron chi connectivity index (χ1n) is 6.16. The molecule has 4 heteroatoms. The Morgan fingerprint density at radius 1 is 1.56 bits per heavy atom. The van der Waals surface area contributed by atoms with Crippen LogP contribution in [0.1, 0.15) is 20.8 Å². The van der Waals surface area contributed by atoms with Gasteiger partial charge in [0.2, 0.25) is 5.95 Å². The van der Waals surface area contributed by atoms with Crippen LogP contribution in [0.2, 0.25) is 0 Å². The van der Waals surface area contributed by atoms with E-state index in [-0.39, 0.29) is 0 Å². The lowest BCUT2D eigenvalue weighted by Gasteiger charge is -2.33. The minimum atomic E-state index is 0.554. The largest absolute Gasteiger partial charge is 0.339 e. The standard InChI is InChI=1S/C12H22N4/c1-10(2)8-15-7-5-14-12(15)16-6-4-13-11(3)9-16/h5,7,10-11,13H,4,6,8-9H2,1-3H3/t11-/m1/s1. The Morgan fingerprint density at radius 3 is 3.06 bits per heavy atom. The normalized spacial score (nSPS) is 21.8. The Hall–Kier alpha value is -1.03. The zero-order valence-corrected chi connectivity index (χ0v) is 10.5. The molecule has 90 valence electrons. The lowest BCUT2D eigenvalue weighted by molar-refractivity contribution is 0.462. The molecule has 1 saturated heterocycles. The molecule has 0 aromatic carbocycles. The molecule has 1 fully saturated rings. The zero-order valence-electron chi connectivity index (χ0n) is 10.5. The van der Waals surface area contributed by atoms with Crippen molar-refractivity contribution in [3.8, 4) is 0 Å². The van der Waals surface area contributed by atoms with Gasteiger partial charge < -0.3 is 14.8 Å². The Morgan fingerprint density at radius 2 is 2.38 bits per heavy atom. The van der Waals surface area contributed by atoms with Crippen molar-refractivity contribution in [3.63, 3.8) is 0 Å². The molecule has 0 unspecified atom stereocenters. The van der Waals surface area contributed by atoms with Crippen molar-refractivity contribution in [2.75, 3.05) is 24.5 Å². The fourth-order valence-corrected chi connectivity index (χ4v) is 2.23. The van der Waals surface area contributed by atoms with Gasteiger partial charge in [0.1, 0.15) is 0 Å². The van der Waals surface area contributed by atoms with Crippen LogP contribution < -0.4 is 10.2 Å². The molecular weight excluding hydrogens is 200 g/mol. The van der Waals surface area contributed by atoms with Crippen molar-refractivity contribution in [1.29, 1.82) is 0 Å². The molecule has 1 aromatic heterocycles. The number of nitrogens with one attached hydrogen (secondary N) is 1. The van der Waals surface area contributed by atoms with Gasteiger partial charge in [-0.2, -0.15) is 0 Å². The molecule has 2 rings (SSSR count). The number of imidazole rings is 1. The SMILES string of the molecule is CC(C)Cn1ccnc1N1CCN[C@H](C)C1. The summed E-state index contributed by atoms with van der Waals surface area (Å²) in [4.78, 5) is 6.87. The van der Waals surface area contributed by atoms with Crippen molar-refractivity contribution in [2.45, 2.75) is 33.4 Å². The summed E-state index contributed by atoms with van der Waals surface area (Å²) in [5, 5.41) is 3.46. The minimum Gasteiger partial charge on any atom is -0.339 e. The van der Waals surface area contributed by atoms with E-state index in [9.17, 15) is 0 Å². The van der Waals surface area contributed by atoms with Gasteiger partial charge in [-0.25, -0.2) is 4.98 Å². The fourth-order valence-electron chi connectivity index (χ4n) is 2.23. The van der Waals surface area contributed by atoms with Crippen LogP contribution in [0.5, 0.6) is 0 Å². The highest BCUT2D eigenvalue weighted by molar-refractivity contribution is 5.32. The summed E-state index contributed by atoms with van der Waals surface area (Å²) >= 11 is 0. The van der Waals surface area contributed by atoms with E-state index in [1.807, 2.05) is 6.20 Å². The van der Waals surface area contributed by atoms with Crippen molar-refractivity contribution in [1.82, 2.24) is 14.9 Å². The van der Waals surface area contributed by atoms with Crippen LogP contribution >= 0.6 is 0 Å².